The second kappa shape index (κ2) is 5.89. The van der Waals surface area contributed by atoms with E-state index >= 15 is 0 Å². The van der Waals surface area contributed by atoms with Crippen LogP contribution >= 0.6 is 23.2 Å². The van der Waals surface area contributed by atoms with Gasteiger partial charge in [-0.05, 0) is 19.0 Å². The smallest absolute Gasteiger partial charge is 0.293 e. The van der Waals surface area contributed by atoms with Crippen LogP contribution in [0.15, 0.2) is 12.1 Å². The zero-order valence-corrected chi connectivity index (χ0v) is 9.88. The summed E-state index contributed by atoms with van der Waals surface area (Å²) in [5.74, 6) is 0. The number of hydrogen-bond acceptors (Lipinski definition) is 4. The standard InChI is InChI=1S/C9H11Cl2N3O2/c10-6-4-8(13-3-1-2-12)9(14(15)16)5-7(6)11/h4-5,13H,1-3,12H2. The molecule has 1 aromatic carbocycles. The molecule has 3 N–H and O–H groups in total. The molecule has 0 fully saturated rings. The first-order valence-corrected chi connectivity index (χ1v) is 5.39. The Bertz CT molecular complexity index is 399. The van der Waals surface area contributed by atoms with Gasteiger partial charge in [0, 0.05) is 12.6 Å². The van der Waals surface area contributed by atoms with Gasteiger partial charge in [-0.25, -0.2) is 0 Å². The van der Waals surface area contributed by atoms with E-state index in [0.29, 0.717) is 18.8 Å². The van der Waals surface area contributed by atoms with Crippen LogP contribution in [0.2, 0.25) is 10.0 Å². The molecule has 0 spiro atoms. The summed E-state index contributed by atoms with van der Waals surface area (Å²) >= 11 is 11.5. The number of halogens is 2. The maximum Gasteiger partial charge on any atom is 0.293 e. The number of nitro groups is 1. The molecule has 0 saturated heterocycles. The van der Waals surface area contributed by atoms with Gasteiger partial charge in [-0.1, -0.05) is 23.2 Å². The summed E-state index contributed by atoms with van der Waals surface area (Å²) in [6.07, 6.45) is 0.720. The van der Waals surface area contributed by atoms with Crippen molar-refractivity contribution in [3.8, 4) is 0 Å². The first-order valence-electron chi connectivity index (χ1n) is 4.63. The highest BCUT2D eigenvalue weighted by Gasteiger charge is 2.16. The first kappa shape index (κ1) is 13.0. The number of anilines is 1. The molecule has 5 nitrogen and oxygen atoms in total. The van der Waals surface area contributed by atoms with Crippen LogP contribution in [0.5, 0.6) is 0 Å². The zero-order chi connectivity index (χ0) is 12.1. The lowest BCUT2D eigenvalue weighted by Crippen LogP contribution is -2.09. The minimum Gasteiger partial charge on any atom is -0.379 e. The highest BCUT2D eigenvalue weighted by atomic mass is 35.5. The van der Waals surface area contributed by atoms with Crippen LogP contribution < -0.4 is 11.1 Å². The third-order valence-corrected chi connectivity index (χ3v) is 2.65. The highest BCUT2D eigenvalue weighted by Crippen LogP contribution is 2.33. The van der Waals surface area contributed by atoms with Crippen molar-refractivity contribution >= 4 is 34.6 Å². The third-order valence-electron chi connectivity index (χ3n) is 1.93. The molecule has 0 aliphatic carbocycles. The van der Waals surface area contributed by atoms with Gasteiger partial charge in [0.15, 0.2) is 0 Å². The summed E-state index contributed by atoms with van der Waals surface area (Å²) in [6, 6.07) is 2.67. The van der Waals surface area contributed by atoms with Crippen LogP contribution in [0.25, 0.3) is 0 Å². The van der Waals surface area contributed by atoms with Gasteiger partial charge in [0.25, 0.3) is 5.69 Å². The molecular formula is C9H11Cl2N3O2. The van der Waals surface area contributed by atoms with Crippen molar-refractivity contribution in [2.75, 3.05) is 18.4 Å². The number of nitro benzene ring substituents is 1. The van der Waals surface area contributed by atoms with E-state index in [1.807, 2.05) is 0 Å². The maximum atomic E-state index is 10.8. The van der Waals surface area contributed by atoms with Crippen molar-refractivity contribution < 1.29 is 4.92 Å². The fourth-order valence-electron chi connectivity index (χ4n) is 1.15. The molecule has 0 bridgehead atoms. The van der Waals surface area contributed by atoms with E-state index < -0.39 is 4.92 Å². The third kappa shape index (κ3) is 3.23. The second-order valence-electron chi connectivity index (χ2n) is 3.11. The molecule has 0 heterocycles. The molecule has 88 valence electrons. The van der Waals surface area contributed by atoms with E-state index in [0.717, 1.165) is 6.42 Å². The molecule has 0 saturated carbocycles. The van der Waals surface area contributed by atoms with Gasteiger partial charge >= 0.3 is 0 Å². The topological polar surface area (TPSA) is 81.2 Å². The summed E-state index contributed by atoms with van der Waals surface area (Å²) in [6.45, 7) is 1.07. The molecular weight excluding hydrogens is 253 g/mol. The van der Waals surface area contributed by atoms with E-state index in [1.165, 1.54) is 12.1 Å². The van der Waals surface area contributed by atoms with Crippen molar-refractivity contribution in [3.63, 3.8) is 0 Å². The zero-order valence-electron chi connectivity index (χ0n) is 8.37. The Morgan fingerprint density at radius 2 is 2.00 bits per heavy atom. The molecule has 16 heavy (non-hydrogen) atoms. The van der Waals surface area contributed by atoms with E-state index in [-0.39, 0.29) is 15.7 Å². The van der Waals surface area contributed by atoms with E-state index in [9.17, 15) is 10.1 Å². The summed E-state index contributed by atoms with van der Waals surface area (Å²) in [4.78, 5) is 10.3. The largest absolute Gasteiger partial charge is 0.379 e. The van der Waals surface area contributed by atoms with Gasteiger partial charge in [0.2, 0.25) is 0 Å². The first-order chi connectivity index (χ1) is 7.56. The highest BCUT2D eigenvalue weighted by molar-refractivity contribution is 6.42. The van der Waals surface area contributed by atoms with Crippen molar-refractivity contribution in [1.82, 2.24) is 0 Å². The Morgan fingerprint density at radius 1 is 1.38 bits per heavy atom. The molecule has 0 amide bonds. The van der Waals surface area contributed by atoms with Crippen LogP contribution in [0.4, 0.5) is 11.4 Å². The van der Waals surface area contributed by atoms with Crippen molar-refractivity contribution in [2.45, 2.75) is 6.42 Å². The lowest BCUT2D eigenvalue weighted by Gasteiger charge is -2.07. The molecule has 0 aliphatic rings. The molecule has 0 unspecified atom stereocenters. The number of nitrogens with one attached hydrogen (secondary N) is 1. The summed E-state index contributed by atoms with van der Waals surface area (Å²) < 4.78 is 0. The van der Waals surface area contributed by atoms with E-state index in [4.69, 9.17) is 28.9 Å². The van der Waals surface area contributed by atoms with Gasteiger partial charge in [0.05, 0.1) is 15.0 Å². The predicted molar refractivity (Wildman–Crippen MR) is 65.3 cm³/mol. The number of nitrogens with two attached hydrogens (primary N) is 1. The minimum absolute atomic E-state index is 0.0913. The van der Waals surface area contributed by atoms with Gasteiger partial charge in [0.1, 0.15) is 5.69 Å². The Kier molecular flexibility index (Phi) is 4.79. The monoisotopic (exact) mass is 263 g/mol. The molecule has 0 radical (unpaired) electrons. The lowest BCUT2D eigenvalue weighted by molar-refractivity contribution is -0.383. The van der Waals surface area contributed by atoms with Gasteiger partial charge in [-0.15, -0.1) is 0 Å². The normalized spacial score (nSPS) is 10.2. The number of benzene rings is 1. The van der Waals surface area contributed by atoms with Crippen molar-refractivity contribution in [3.05, 3.63) is 32.3 Å². The molecule has 0 atom stereocenters. The van der Waals surface area contributed by atoms with Gasteiger partial charge < -0.3 is 11.1 Å². The Labute approximate surface area is 103 Å². The number of nitrogens with zero attached hydrogens (tertiary/aromatic N) is 1. The van der Waals surface area contributed by atoms with Crippen molar-refractivity contribution in [2.24, 2.45) is 5.73 Å². The van der Waals surface area contributed by atoms with Crippen LogP contribution in [0.1, 0.15) is 6.42 Å². The summed E-state index contributed by atoms with van der Waals surface area (Å²) in [5, 5.41) is 14.1. The molecule has 7 heteroatoms. The predicted octanol–water partition coefficient (Wildman–Crippen LogP) is 2.66. The fourth-order valence-corrected chi connectivity index (χ4v) is 1.48. The Balaban J connectivity index is 2.95. The molecule has 1 rings (SSSR count). The summed E-state index contributed by atoms with van der Waals surface area (Å²) in [5.41, 5.74) is 5.59. The van der Waals surface area contributed by atoms with Gasteiger partial charge in [-0.2, -0.15) is 0 Å². The summed E-state index contributed by atoms with van der Waals surface area (Å²) in [7, 11) is 0. The average molecular weight is 264 g/mol. The second-order valence-corrected chi connectivity index (χ2v) is 3.92. The Hall–Kier alpha value is -1.04. The van der Waals surface area contributed by atoms with Crippen LogP contribution in [-0.2, 0) is 0 Å². The quantitative estimate of drug-likeness (QED) is 0.486. The number of hydrogen-bond donors (Lipinski definition) is 2. The van der Waals surface area contributed by atoms with E-state index in [2.05, 4.69) is 5.32 Å². The molecule has 0 aromatic heterocycles. The van der Waals surface area contributed by atoms with Crippen LogP contribution in [0, 0.1) is 10.1 Å². The van der Waals surface area contributed by atoms with Crippen LogP contribution in [0.3, 0.4) is 0 Å². The fraction of sp³-hybridized carbons (Fsp3) is 0.333. The Morgan fingerprint density at radius 3 is 2.56 bits per heavy atom. The average Bonchev–Trinajstić information content (AvgIpc) is 2.23. The van der Waals surface area contributed by atoms with Crippen LogP contribution in [-0.4, -0.2) is 18.0 Å². The molecule has 0 aliphatic heterocycles. The van der Waals surface area contributed by atoms with E-state index in [1.54, 1.807) is 0 Å². The van der Waals surface area contributed by atoms with Crippen molar-refractivity contribution in [1.29, 1.82) is 0 Å². The molecule has 1 aromatic rings. The maximum absolute atomic E-state index is 10.8. The van der Waals surface area contributed by atoms with Gasteiger partial charge in [-0.3, -0.25) is 10.1 Å². The lowest BCUT2D eigenvalue weighted by atomic mass is 10.2. The minimum atomic E-state index is -0.507. The SMILES string of the molecule is NCCCNc1cc(Cl)c(Cl)cc1[N+](=O)[O-]. The number of rotatable bonds is 5.